The van der Waals surface area contributed by atoms with Gasteiger partial charge in [0.15, 0.2) is 0 Å². The van der Waals surface area contributed by atoms with E-state index in [9.17, 15) is 8.42 Å². The van der Waals surface area contributed by atoms with Gasteiger partial charge in [0, 0.05) is 19.1 Å². The van der Waals surface area contributed by atoms with Crippen molar-refractivity contribution >= 4 is 33.0 Å². The van der Waals surface area contributed by atoms with Crippen molar-refractivity contribution in [2.45, 2.75) is 43.9 Å². The monoisotopic (exact) mass is 350 g/mol. The predicted octanol–water partition coefficient (Wildman–Crippen LogP) is 3.11. The molecule has 1 fully saturated rings. The van der Waals surface area contributed by atoms with E-state index in [1.54, 1.807) is 10.4 Å². The Balaban J connectivity index is 2.18. The van der Waals surface area contributed by atoms with Gasteiger partial charge in [0.2, 0.25) is 0 Å². The fraction of sp³-hybridized carbons (Fsp3) is 0.714. The first-order valence-corrected chi connectivity index (χ1v) is 10.0. The second-order valence-electron chi connectivity index (χ2n) is 5.51. The first-order chi connectivity index (χ1) is 9.90. The summed E-state index contributed by atoms with van der Waals surface area (Å²) in [5, 5.41) is 3.47. The molecule has 0 spiro atoms. The molecule has 0 bridgehead atoms. The van der Waals surface area contributed by atoms with Gasteiger partial charge in [-0.1, -0.05) is 31.9 Å². The molecule has 120 valence electrons. The molecule has 0 aromatic carbocycles. The molecular formula is C14H23ClN2O2S2. The third-order valence-electron chi connectivity index (χ3n) is 4.12. The van der Waals surface area contributed by atoms with E-state index in [1.165, 1.54) is 0 Å². The number of hydrogen-bond acceptors (Lipinski definition) is 4. The van der Waals surface area contributed by atoms with Gasteiger partial charge in [-0.15, -0.1) is 11.3 Å². The van der Waals surface area contributed by atoms with E-state index in [1.807, 2.05) is 6.92 Å². The van der Waals surface area contributed by atoms with Crippen molar-refractivity contribution in [3.05, 3.63) is 16.0 Å². The Hall–Kier alpha value is -0.140. The van der Waals surface area contributed by atoms with Crippen LogP contribution in [0.5, 0.6) is 0 Å². The summed E-state index contributed by atoms with van der Waals surface area (Å²) in [6.45, 7) is 8.14. The third kappa shape index (κ3) is 3.62. The van der Waals surface area contributed by atoms with Crippen molar-refractivity contribution in [1.29, 1.82) is 0 Å². The zero-order valence-corrected chi connectivity index (χ0v) is 15.1. The van der Waals surface area contributed by atoms with Crippen LogP contribution >= 0.6 is 22.9 Å². The number of nitrogens with one attached hydrogen (secondary N) is 1. The van der Waals surface area contributed by atoms with Gasteiger partial charge in [-0.25, -0.2) is 8.42 Å². The molecule has 0 radical (unpaired) electrons. The molecule has 1 aliphatic rings. The summed E-state index contributed by atoms with van der Waals surface area (Å²) in [4.78, 5) is 0. The molecule has 2 atom stereocenters. The van der Waals surface area contributed by atoms with E-state index in [-0.39, 0.29) is 0 Å². The zero-order valence-electron chi connectivity index (χ0n) is 12.7. The Morgan fingerprint density at radius 2 is 2.19 bits per heavy atom. The SMILES string of the molecule is CCNC1CCN(S(=O)(=O)c2cc(C)c(Cl)s2)CC1CC. The Kier molecular flexibility index (Phi) is 5.71. The molecule has 1 saturated heterocycles. The van der Waals surface area contributed by atoms with Crippen molar-refractivity contribution < 1.29 is 8.42 Å². The molecule has 1 aliphatic heterocycles. The number of nitrogens with zero attached hydrogens (tertiary/aromatic N) is 1. The highest BCUT2D eigenvalue weighted by Gasteiger charge is 2.35. The van der Waals surface area contributed by atoms with Crippen molar-refractivity contribution in [2.24, 2.45) is 5.92 Å². The number of sulfonamides is 1. The first kappa shape index (κ1) is 17.2. The summed E-state index contributed by atoms with van der Waals surface area (Å²) in [6.07, 6.45) is 1.84. The van der Waals surface area contributed by atoms with Crippen LogP contribution in [0.4, 0.5) is 0 Å². The fourth-order valence-corrected chi connectivity index (χ4v) is 6.22. The van der Waals surface area contributed by atoms with Crippen LogP contribution in [0, 0.1) is 12.8 Å². The predicted molar refractivity (Wildman–Crippen MR) is 88.7 cm³/mol. The minimum absolute atomic E-state index is 0.363. The molecule has 1 aromatic rings. The minimum Gasteiger partial charge on any atom is -0.314 e. The van der Waals surface area contributed by atoms with E-state index < -0.39 is 10.0 Å². The highest BCUT2D eigenvalue weighted by atomic mass is 35.5. The van der Waals surface area contributed by atoms with E-state index in [0.29, 0.717) is 33.6 Å². The fourth-order valence-electron chi connectivity index (χ4n) is 2.85. The molecule has 2 unspecified atom stereocenters. The maximum Gasteiger partial charge on any atom is 0.252 e. The summed E-state index contributed by atoms with van der Waals surface area (Å²) in [7, 11) is -3.41. The number of hydrogen-bond donors (Lipinski definition) is 1. The molecule has 21 heavy (non-hydrogen) atoms. The van der Waals surface area contributed by atoms with Gasteiger partial charge in [0.1, 0.15) is 4.21 Å². The molecule has 0 aliphatic carbocycles. The van der Waals surface area contributed by atoms with E-state index in [0.717, 1.165) is 36.3 Å². The molecule has 0 amide bonds. The molecular weight excluding hydrogens is 328 g/mol. The Labute approximate surface area is 136 Å². The number of piperidine rings is 1. The number of rotatable bonds is 5. The Bertz CT molecular complexity index is 566. The van der Waals surface area contributed by atoms with E-state index >= 15 is 0 Å². The first-order valence-electron chi connectivity index (χ1n) is 7.39. The van der Waals surface area contributed by atoms with Gasteiger partial charge in [-0.3, -0.25) is 0 Å². The van der Waals surface area contributed by atoms with Gasteiger partial charge in [0.05, 0.1) is 4.34 Å². The molecule has 4 nitrogen and oxygen atoms in total. The topological polar surface area (TPSA) is 49.4 Å². The molecule has 1 N–H and O–H groups in total. The number of halogens is 1. The average molecular weight is 351 g/mol. The normalized spacial score (nSPS) is 24.4. The van der Waals surface area contributed by atoms with Crippen molar-refractivity contribution in [1.82, 2.24) is 9.62 Å². The van der Waals surface area contributed by atoms with Gasteiger partial charge in [-0.05, 0) is 37.4 Å². The molecule has 1 aromatic heterocycles. The van der Waals surface area contributed by atoms with Gasteiger partial charge < -0.3 is 5.32 Å². The van der Waals surface area contributed by atoms with Crippen LogP contribution in [0.1, 0.15) is 32.3 Å². The molecule has 0 saturated carbocycles. The molecule has 2 rings (SSSR count). The summed E-state index contributed by atoms with van der Waals surface area (Å²) in [5.74, 6) is 0.366. The second kappa shape index (κ2) is 6.96. The van der Waals surface area contributed by atoms with Crippen LogP contribution in [-0.4, -0.2) is 38.4 Å². The maximum atomic E-state index is 12.7. The van der Waals surface area contributed by atoms with Gasteiger partial charge in [0.25, 0.3) is 10.0 Å². The lowest BCUT2D eigenvalue weighted by atomic mass is 9.91. The van der Waals surface area contributed by atoms with Crippen LogP contribution in [0.25, 0.3) is 0 Å². The van der Waals surface area contributed by atoms with Gasteiger partial charge >= 0.3 is 0 Å². The lowest BCUT2D eigenvalue weighted by Crippen LogP contribution is -2.50. The number of thiophene rings is 1. The van der Waals surface area contributed by atoms with Crippen molar-refractivity contribution in [3.63, 3.8) is 0 Å². The number of aryl methyl sites for hydroxylation is 1. The third-order valence-corrected chi connectivity index (χ3v) is 7.99. The van der Waals surface area contributed by atoms with Crippen LogP contribution in [0.2, 0.25) is 4.34 Å². The van der Waals surface area contributed by atoms with Crippen LogP contribution in [0.3, 0.4) is 0 Å². The Morgan fingerprint density at radius 1 is 1.48 bits per heavy atom. The van der Waals surface area contributed by atoms with Crippen LogP contribution in [0.15, 0.2) is 10.3 Å². The lowest BCUT2D eigenvalue weighted by molar-refractivity contribution is 0.204. The quantitative estimate of drug-likeness (QED) is 0.887. The smallest absolute Gasteiger partial charge is 0.252 e. The second-order valence-corrected chi connectivity index (χ2v) is 9.33. The highest BCUT2D eigenvalue weighted by molar-refractivity contribution is 7.91. The average Bonchev–Trinajstić information content (AvgIpc) is 2.80. The largest absolute Gasteiger partial charge is 0.314 e. The van der Waals surface area contributed by atoms with Crippen molar-refractivity contribution in [3.8, 4) is 0 Å². The lowest BCUT2D eigenvalue weighted by Gasteiger charge is -2.37. The summed E-state index contributed by atoms with van der Waals surface area (Å²) < 4.78 is 28.0. The summed E-state index contributed by atoms with van der Waals surface area (Å²) in [5.41, 5.74) is 0.829. The highest BCUT2D eigenvalue weighted by Crippen LogP contribution is 2.34. The molecule has 7 heteroatoms. The zero-order chi connectivity index (χ0) is 15.6. The summed E-state index contributed by atoms with van der Waals surface area (Å²) in [6, 6.07) is 2.10. The Morgan fingerprint density at radius 3 is 2.71 bits per heavy atom. The van der Waals surface area contributed by atoms with E-state index in [2.05, 4.69) is 19.2 Å². The standard InChI is InChI=1S/C14H23ClN2O2S2/c1-4-11-9-17(7-6-12(11)16-5-2)21(18,19)13-8-10(3)14(15)20-13/h8,11-12,16H,4-7,9H2,1-3H3. The minimum atomic E-state index is -3.41. The maximum absolute atomic E-state index is 12.7. The van der Waals surface area contributed by atoms with Crippen molar-refractivity contribution in [2.75, 3.05) is 19.6 Å². The van der Waals surface area contributed by atoms with Gasteiger partial charge in [-0.2, -0.15) is 4.31 Å². The molecule has 2 heterocycles. The van der Waals surface area contributed by atoms with E-state index in [4.69, 9.17) is 11.6 Å². The van der Waals surface area contributed by atoms with Crippen LogP contribution in [-0.2, 0) is 10.0 Å². The summed E-state index contributed by atoms with van der Waals surface area (Å²) >= 11 is 7.18. The van der Waals surface area contributed by atoms with Crippen LogP contribution < -0.4 is 5.32 Å².